The molecule has 1 heterocycles. The Hall–Kier alpha value is -1.77. The van der Waals surface area contributed by atoms with Gasteiger partial charge in [-0.2, -0.15) is 0 Å². The van der Waals surface area contributed by atoms with Gasteiger partial charge in [0.25, 0.3) is 5.91 Å². The highest BCUT2D eigenvalue weighted by Crippen LogP contribution is 2.25. The van der Waals surface area contributed by atoms with Gasteiger partial charge in [-0.25, -0.2) is 5.32 Å². The first-order valence-electron chi connectivity index (χ1n) is 3.59. The molecule has 3 heteroatoms. The van der Waals surface area contributed by atoms with Gasteiger partial charge in [0.1, 0.15) is 5.70 Å². The van der Waals surface area contributed by atoms with E-state index in [0.29, 0.717) is 5.70 Å². The third-order valence-corrected chi connectivity index (χ3v) is 1.72. The number of nitrogens with zero attached hydrogens (tertiary/aromatic N) is 1. The van der Waals surface area contributed by atoms with Crippen LogP contribution in [-0.2, 0) is 4.79 Å². The molecule has 0 aromatic heterocycles. The van der Waals surface area contributed by atoms with E-state index >= 15 is 0 Å². The zero-order valence-electron chi connectivity index (χ0n) is 6.32. The van der Waals surface area contributed by atoms with Crippen LogP contribution in [0.2, 0.25) is 0 Å². The van der Waals surface area contributed by atoms with E-state index in [2.05, 4.69) is 5.32 Å². The van der Waals surface area contributed by atoms with Crippen LogP contribution in [-0.4, -0.2) is 5.91 Å². The molecule has 0 atom stereocenters. The second-order valence-corrected chi connectivity index (χ2v) is 2.56. The number of fused-ring (bicyclic) bond motifs is 1. The summed E-state index contributed by atoms with van der Waals surface area (Å²) in [6.45, 7) is 0. The quantitative estimate of drug-likeness (QED) is 0.646. The molecule has 0 spiro atoms. The number of carbonyl (C=O) groups is 1. The predicted octanol–water partition coefficient (Wildman–Crippen LogP) is 0.762. The van der Waals surface area contributed by atoms with Gasteiger partial charge >= 0.3 is 0 Å². The summed E-state index contributed by atoms with van der Waals surface area (Å²) >= 11 is 0. The summed E-state index contributed by atoms with van der Waals surface area (Å²) in [7, 11) is 0. The highest BCUT2D eigenvalue weighted by molar-refractivity contribution is 6.00. The summed E-state index contributed by atoms with van der Waals surface area (Å²) in [5.74, 6) is -0.480. The lowest BCUT2D eigenvalue weighted by Gasteiger charge is -1.95. The number of rotatable bonds is 1. The van der Waals surface area contributed by atoms with Crippen molar-refractivity contribution in [1.29, 1.82) is 0 Å². The van der Waals surface area contributed by atoms with Gasteiger partial charge in [0.05, 0.1) is 5.69 Å². The Labute approximate surface area is 69.9 Å². The zero-order valence-corrected chi connectivity index (χ0v) is 6.32. The summed E-state index contributed by atoms with van der Waals surface area (Å²) in [4.78, 5) is 10.7. The number of primary amides is 1. The van der Waals surface area contributed by atoms with Crippen LogP contribution >= 0.6 is 0 Å². The lowest BCUT2D eigenvalue weighted by atomic mass is 10.2. The van der Waals surface area contributed by atoms with Crippen LogP contribution in [0, 0.1) is 0 Å². The molecule has 0 unspecified atom stereocenters. The molecule has 0 saturated heterocycles. The van der Waals surface area contributed by atoms with Gasteiger partial charge in [0.15, 0.2) is 0 Å². The molecule has 2 N–H and O–H groups in total. The average Bonchev–Trinajstić information content (AvgIpc) is 2.46. The van der Waals surface area contributed by atoms with Crippen molar-refractivity contribution in [2.45, 2.75) is 0 Å². The highest BCUT2D eigenvalue weighted by atomic mass is 16.1. The van der Waals surface area contributed by atoms with E-state index in [1.807, 2.05) is 24.3 Å². The van der Waals surface area contributed by atoms with Gasteiger partial charge in [0, 0.05) is 5.56 Å². The van der Waals surface area contributed by atoms with Crippen molar-refractivity contribution in [3.63, 3.8) is 0 Å². The summed E-state index contributed by atoms with van der Waals surface area (Å²) in [6.07, 6.45) is 1.69. The first-order chi connectivity index (χ1) is 5.77. The van der Waals surface area contributed by atoms with E-state index in [-0.39, 0.29) is 0 Å². The maximum atomic E-state index is 10.7. The van der Waals surface area contributed by atoms with Crippen LogP contribution in [0.3, 0.4) is 0 Å². The van der Waals surface area contributed by atoms with Crippen molar-refractivity contribution < 1.29 is 4.79 Å². The molecular weight excluding hydrogens is 152 g/mol. The second kappa shape index (κ2) is 2.37. The van der Waals surface area contributed by atoms with E-state index < -0.39 is 5.91 Å². The molecule has 12 heavy (non-hydrogen) atoms. The molecule has 1 aromatic rings. The molecule has 0 aliphatic carbocycles. The Balaban J connectivity index is 2.41. The predicted molar refractivity (Wildman–Crippen MR) is 45.4 cm³/mol. The molecule has 0 bridgehead atoms. The molecule has 1 aliphatic heterocycles. The smallest absolute Gasteiger partial charge is 0.267 e. The number of hydrogen-bond donors (Lipinski definition) is 1. The number of nitrogens with two attached hydrogens (primary N) is 1. The van der Waals surface area contributed by atoms with Crippen molar-refractivity contribution >= 4 is 17.7 Å². The number of para-hydroxylation sites is 1. The zero-order chi connectivity index (χ0) is 8.55. The topological polar surface area (TPSA) is 57.2 Å². The van der Waals surface area contributed by atoms with Crippen LogP contribution < -0.4 is 11.1 Å². The fourth-order valence-electron chi connectivity index (χ4n) is 1.15. The summed E-state index contributed by atoms with van der Waals surface area (Å²) in [6, 6.07) is 7.52. The fraction of sp³-hybridized carbons (Fsp3) is 0. The van der Waals surface area contributed by atoms with Crippen molar-refractivity contribution in [3.05, 3.63) is 35.5 Å². The minimum atomic E-state index is -0.480. The summed E-state index contributed by atoms with van der Waals surface area (Å²) in [5, 5.41) is 4.04. The van der Waals surface area contributed by atoms with E-state index in [1.54, 1.807) is 6.08 Å². The molecule has 59 valence electrons. The van der Waals surface area contributed by atoms with Crippen LogP contribution in [0.4, 0.5) is 5.69 Å². The van der Waals surface area contributed by atoms with E-state index in [1.165, 1.54) is 0 Å². The van der Waals surface area contributed by atoms with E-state index in [4.69, 9.17) is 5.73 Å². The van der Waals surface area contributed by atoms with Gasteiger partial charge in [-0.05, 0) is 12.1 Å². The van der Waals surface area contributed by atoms with Crippen LogP contribution in [0.25, 0.3) is 6.08 Å². The number of hydrogen-bond acceptors (Lipinski definition) is 1. The van der Waals surface area contributed by atoms with Gasteiger partial charge in [0.2, 0.25) is 0 Å². The van der Waals surface area contributed by atoms with Crippen LogP contribution in [0.5, 0.6) is 0 Å². The largest absolute Gasteiger partial charge is 0.364 e. The SMILES string of the molecule is NC(=O)C1=Cc2ccccc2[N]1. The van der Waals surface area contributed by atoms with E-state index in [0.717, 1.165) is 11.3 Å². The maximum absolute atomic E-state index is 10.7. The maximum Gasteiger partial charge on any atom is 0.267 e. The van der Waals surface area contributed by atoms with Gasteiger partial charge in [-0.1, -0.05) is 18.2 Å². The summed E-state index contributed by atoms with van der Waals surface area (Å²) in [5.41, 5.74) is 7.17. The van der Waals surface area contributed by atoms with Crippen molar-refractivity contribution in [2.75, 3.05) is 0 Å². The van der Waals surface area contributed by atoms with Crippen molar-refractivity contribution in [3.8, 4) is 0 Å². The molecule has 1 aliphatic rings. The first-order valence-corrected chi connectivity index (χ1v) is 3.59. The number of amides is 1. The number of benzene rings is 1. The van der Waals surface area contributed by atoms with Gasteiger partial charge < -0.3 is 5.73 Å². The Morgan fingerprint density at radius 1 is 1.33 bits per heavy atom. The molecule has 3 nitrogen and oxygen atoms in total. The number of carbonyl (C=O) groups excluding carboxylic acids is 1. The van der Waals surface area contributed by atoms with Crippen LogP contribution in [0.15, 0.2) is 30.0 Å². The molecule has 1 radical (unpaired) electrons. The van der Waals surface area contributed by atoms with Crippen LogP contribution in [0.1, 0.15) is 5.56 Å². The molecular formula is C9H7N2O. The second-order valence-electron chi connectivity index (χ2n) is 2.56. The van der Waals surface area contributed by atoms with Crippen molar-refractivity contribution in [1.82, 2.24) is 5.32 Å². The molecule has 1 amide bonds. The molecule has 2 rings (SSSR count). The lowest BCUT2D eigenvalue weighted by Crippen LogP contribution is -2.16. The third-order valence-electron chi connectivity index (χ3n) is 1.72. The first kappa shape index (κ1) is 6.91. The Morgan fingerprint density at radius 3 is 2.75 bits per heavy atom. The van der Waals surface area contributed by atoms with Crippen molar-refractivity contribution in [2.24, 2.45) is 5.73 Å². The standard InChI is InChI=1S/C9H7N2O/c10-9(12)8-5-6-3-1-2-4-7(6)11-8/h1-5H,(H2,10,12). The van der Waals surface area contributed by atoms with E-state index in [9.17, 15) is 4.79 Å². The Kier molecular flexibility index (Phi) is 1.37. The molecule has 0 fully saturated rings. The fourth-order valence-corrected chi connectivity index (χ4v) is 1.15. The normalized spacial score (nSPS) is 13.2. The third kappa shape index (κ3) is 0.955. The van der Waals surface area contributed by atoms with Gasteiger partial charge in [-0.15, -0.1) is 0 Å². The Bertz CT molecular complexity index is 369. The summed E-state index contributed by atoms with van der Waals surface area (Å²) < 4.78 is 0. The average molecular weight is 159 g/mol. The minimum Gasteiger partial charge on any atom is -0.364 e. The molecule has 0 saturated carbocycles. The highest BCUT2D eigenvalue weighted by Gasteiger charge is 2.16. The monoisotopic (exact) mass is 159 g/mol. The van der Waals surface area contributed by atoms with Gasteiger partial charge in [-0.3, -0.25) is 4.79 Å². The lowest BCUT2D eigenvalue weighted by molar-refractivity contribution is -0.114. The molecule has 1 aromatic carbocycles. The Morgan fingerprint density at radius 2 is 2.08 bits per heavy atom. The minimum absolute atomic E-state index is 0.330.